The van der Waals surface area contributed by atoms with Crippen LogP contribution in [0.15, 0.2) is 24.3 Å². The standard InChI is InChI=1S/C16H17NO4S/c1-9-12(16(19)21-4)15(17-2)22-14(9)13(18)10-5-7-11(20-3)8-6-10/h5-8,17H,1-4H3. The van der Waals surface area contributed by atoms with Gasteiger partial charge < -0.3 is 14.8 Å². The van der Waals surface area contributed by atoms with Gasteiger partial charge in [0.2, 0.25) is 5.78 Å². The van der Waals surface area contributed by atoms with Gasteiger partial charge >= 0.3 is 5.97 Å². The minimum atomic E-state index is -0.452. The summed E-state index contributed by atoms with van der Waals surface area (Å²) in [6.45, 7) is 1.75. The molecule has 22 heavy (non-hydrogen) atoms. The number of thiophene rings is 1. The number of esters is 1. The molecule has 0 bridgehead atoms. The molecular weight excluding hydrogens is 302 g/mol. The number of nitrogens with one attached hydrogen (secondary N) is 1. The molecule has 0 aliphatic rings. The first-order valence-corrected chi connectivity index (χ1v) is 7.43. The fourth-order valence-corrected chi connectivity index (χ4v) is 3.24. The number of hydrogen-bond acceptors (Lipinski definition) is 6. The Morgan fingerprint density at radius 2 is 1.77 bits per heavy atom. The second-order valence-corrected chi connectivity index (χ2v) is 5.58. The lowest BCUT2D eigenvalue weighted by Crippen LogP contribution is -2.06. The van der Waals surface area contributed by atoms with Crippen LogP contribution in [0.2, 0.25) is 0 Å². The molecule has 1 heterocycles. The Hall–Kier alpha value is -2.34. The number of rotatable bonds is 5. The van der Waals surface area contributed by atoms with Crippen molar-refractivity contribution in [3.05, 3.63) is 45.8 Å². The van der Waals surface area contributed by atoms with Crippen LogP contribution in [0.1, 0.15) is 31.2 Å². The first-order valence-electron chi connectivity index (χ1n) is 6.61. The molecule has 0 fully saturated rings. The van der Waals surface area contributed by atoms with Gasteiger partial charge in [-0.3, -0.25) is 4.79 Å². The van der Waals surface area contributed by atoms with Crippen LogP contribution in [0.3, 0.4) is 0 Å². The maximum absolute atomic E-state index is 12.6. The van der Waals surface area contributed by atoms with Crippen LogP contribution in [0.25, 0.3) is 0 Å². The SMILES string of the molecule is CNc1sc(C(=O)c2ccc(OC)cc2)c(C)c1C(=O)OC. The van der Waals surface area contributed by atoms with Gasteiger partial charge in [-0.15, -0.1) is 11.3 Å². The van der Waals surface area contributed by atoms with Gasteiger partial charge in [-0.2, -0.15) is 0 Å². The summed E-state index contributed by atoms with van der Waals surface area (Å²) < 4.78 is 9.87. The van der Waals surface area contributed by atoms with Crippen LogP contribution in [0, 0.1) is 6.92 Å². The summed E-state index contributed by atoms with van der Waals surface area (Å²) >= 11 is 1.25. The van der Waals surface area contributed by atoms with Gasteiger partial charge in [0.15, 0.2) is 0 Å². The van der Waals surface area contributed by atoms with Gasteiger partial charge in [0.05, 0.1) is 24.7 Å². The zero-order chi connectivity index (χ0) is 16.3. The Morgan fingerprint density at radius 1 is 1.14 bits per heavy atom. The van der Waals surface area contributed by atoms with Crippen LogP contribution in [0.4, 0.5) is 5.00 Å². The number of hydrogen-bond donors (Lipinski definition) is 1. The summed E-state index contributed by atoms with van der Waals surface area (Å²) in [5.74, 6) is 0.106. The molecule has 0 aliphatic carbocycles. The van der Waals surface area contributed by atoms with E-state index in [0.717, 1.165) is 0 Å². The maximum atomic E-state index is 12.6. The molecule has 0 saturated carbocycles. The van der Waals surface area contributed by atoms with Gasteiger partial charge in [-0.25, -0.2) is 4.79 Å². The highest BCUT2D eigenvalue weighted by molar-refractivity contribution is 7.18. The predicted octanol–water partition coefficient (Wildman–Crippen LogP) is 3.12. The topological polar surface area (TPSA) is 64.6 Å². The van der Waals surface area contributed by atoms with E-state index in [4.69, 9.17) is 9.47 Å². The van der Waals surface area contributed by atoms with Crippen LogP contribution < -0.4 is 10.1 Å². The molecule has 0 aliphatic heterocycles. The van der Waals surface area contributed by atoms with E-state index in [9.17, 15) is 9.59 Å². The maximum Gasteiger partial charge on any atom is 0.341 e. The van der Waals surface area contributed by atoms with E-state index in [-0.39, 0.29) is 5.78 Å². The fourth-order valence-electron chi connectivity index (χ4n) is 2.13. The molecule has 1 aromatic heterocycles. The van der Waals surface area contributed by atoms with Crippen LogP contribution in [-0.4, -0.2) is 33.0 Å². The molecule has 2 aromatic rings. The molecule has 5 nitrogen and oxygen atoms in total. The van der Waals surface area contributed by atoms with E-state index in [0.29, 0.717) is 32.3 Å². The highest BCUT2D eigenvalue weighted by Crippen LogP contribution is 2.34. The third-order valence-corrected chi connectivity index (χ3v) is 4.63. The Morgan fingerprint density at radius 3 is 2.27 bits per heavy atom. The molecule has 0 unspecified atom stereocenters. The first kappa shape index (κ1) is 16.0. The minimum absolute atomic E-state index is 0.128. The Kier molecular flexibility index (Phi) is 4.82. The fraction of sp³-hybridized carbons (Fsp3) is 0.250. The van der Waals surface area contributed by atoms with Crippen LogP contribution in [0.5, 0.6) is 5.75 Å². The van der Waals surface area contributed by atoms with Crippen molar-refractivity contribution in [2.24, 2.45) is 0 Å². The minimum Gasteiger partial charge on any atom is -0.497 e. The number of carbonyl (C=O) groups excluding carboxylic acids is 2. The molecule has 1 aromatic carbocycles. The molecular formula is C16H17NO4S. The number of anilines is 1. The van der Waals surface area contributed by atoms with E-state index >= 15 is 0 Å². The molecule has 0 amide bonds. The Bertz CT molecular complexity index is 704. The molecule has 2 rings (SSSR count). The monoisotopic (exact) mass is 319 g/mol. The van der Waals surface area contributed by atoms with E-state index in [1.165, 1.54) is 18.4 Å². The summed E-state index contributed by atoms with van der Waals surface area (Å²) in [5, 5.41) is 3.57. The molecule has 116 valence electrons. The zero-order valence-corrected chi connectivity index (χ0v) is 13.7. The van der Waals surface area contributed by atoms with E-state index < -0.39 is 5.97 Å². The number of carbonyl (C=O) groups is 2. The average Bonchev–Trinajstić information content (AvgIpc) is 2.90. The van der Waals surface area contributed by atoms with E-state index in [2.05, 4.69) is 5.32 Å². The van der Waals surface area contributed by atoms with Gasteiger partial charge in [-0.1, -0.05) is 0 Å². The molecule has 0 saturated heterocycles. The normalized spacial score (nSPS) is 10.2. The van der Waals surface area contributed by atoms with E-state index in [1.807, 2.05) is 0 Å². The lowest BCUT2D eigenvalue weighted by Gasteiger charge is -2.03. The van der Waals surface area contributed by atoms with Crippen molar-refractivity contribution in [1.29, 1.82) is 0 Å². The van der Waals surface area contributed by atoms with Gasteiger partial charge in [0, 0.05) is 12.6 Å². The van der Waals surface area contributed by atoms with Crippen molar-refractivity contribution in [2.75, 3.05) is 26.6 Å². The summed E-state index contributed by atoms with van der Waals surface area (Å²) in [4.78, 5) is 25.1. The van der Waals surface area contributed by atoms with Gasteiger partial charge in [0.25, 0.3) is 0 Å². The third kappa shape index (κ3) is 2.82. The summed E-state index contributed by atoms with van der Waals surface area (Å²) in [6.07, 6.45) is 0. The van der Waals surface area contributed by atoms with Gasteiger partial charge in [-0.05, 0) is 36.8 Å². The second kappa shape index (κ2) is 6.62. The second-order valence-electron chi connectivity index (χ2n) is 4.56. The highest BCUT2D eigenvalue weighted by Gasteiger charge is 2.25. The van der Waals surface area contributed by atoms with Crippen molar-refractivity contribution in [3.8, 4) is 5.75 Å². The first-order chi connectivity index (χ1) is 10.5. The van der Waals surface area contributed by atoms with Crippen molar-refractivity contribution in [2.45, 2.75) is 6.92 Å². The smallest absolute Gasteiger partial charge is 0.341 e. The van der Waals surface area contributed by atoms with Crippen LogP contribution >= 0.6 is 11.3 Å². The zero-order valence-electron chi connectivity index (χ0n) is 12.9. The number of ketones is 1. The predicted molar refractivity (Wildman–Crippen MR) is 86.4 cm³/mol. The Labute approximate surface area is 132 Å². The molecule has 1 N–H and O–H groups in total. The molecule has 0 radical (unpaired) electrons. The lowest BCUT2D eigenvalue weighted by atomic mass is 10.0. The number of methoxy groups -OCH3 is 2. The molecule has 6 heteroatoms. The lowest BCUT2D eigenvalue weighted by molar-refractivity contribution is 0.0601. The van der Waals surface area contributed by atoms with Crippen molar-refractivity contribution in [1.82, 2.24) is 0 Å². The largest absolute Gasteiger partial charge is 0.497 e. The summed E-state index contributed by atoms with van der Waals surface area (Å²) in [7, 11) is 4.60. The summed E-state index contributed by atoms with van der Waals surface area (Å²) in [5.41, 5.74) is 1.58. The van der Waals surface area contributed by atoms with E-state index in [1.54, 1.807) is 45.3 Å². The van der Waals surface area contributed by atoms with Gasteiger partial charge in [0.1, 0.15) is 10.8 Å². The number of ether oxygens (including phenoxy) is 2. The number of benzene rings is 1. The molecule has 0 atom stereocenters. The average molecular weight is 319 g/mol. The third-order valence-electron chi connectivity index (χ3n) is 3.32. The van der Waals surface area contributed by atoms with Crippen molar-refractivity contribution < 1.29 is 19.1 Å². The van der Waals surface area contributed by atoms with Crippen molar-refractivity contribution >= 4 is 28.1 Å². The van der Waals surface area contributed by atoms with Crippen LogP contribution in [-0.2, 0) is 4.74 Å². The van der Waals surface area contributed by atoms with Crippen molar-refractivity contribution in [3.63, 3.8) is 0 Å². The highest BCUT2D eigenvalue weighted by atomic mass is 32.1. The molecule has 0 spiro atoms. The summed E-state index contributed by atoms with van der Waals surface area (Å²) in [6, 6.07) is 6.88. The Balaban J connectivity index is 2.45. The quantitative estimate of drug-likeness (QED) is 0.677.